The normalized spacial score (nSPS) is 22.3. The van der Waals surface area contributed by atoms with E-state index in [1.807, 2.05) is 0 Å². The van der Waals surface area contributed by atoms with Crippen LogP contribution in [0.25, 0.3) is 0 Å². The summed E-state index contributed by atoms with van der Waals surface area (Å²) in [5, 5.41) is 3.17. The first-order valence-electron chi connectivity index (χ1n) is 6.12. The van der Waals surface area contributed by atoms with Crippen molar-refractivity contribution >= 4 is 23.3 Å². The smallest absolute Gasteiger partial charge is 0.251 e. The third-order valence-corrected chi connectivity index (χ3v) is 3.47. The van der Waals surface area contributed by atoms with E-state index < -0.39 is 0 Å². The van der Waals surface area contributed by atoms with Crippen molar-refractivity contribution in [2.24, 2.45) is 5.84 Å². The van der Waals surface area contributed by atoms with E-state index in [0.29, 0.717) is 11.4 Å². The van der Waals surface area contributed by atoms with Crippen molar-refractivity contribution in [3.8, 4) is 0 Å². The van der Waals surface area contributed by atoms with Crippen LogP contribution < -0.4 is 16.6 Å². The minimum absolute atomic E-state index is 0.0405. The van der Waals surface area contributed by atoms with Gasteiger partial charge >= 0.3 is 0 Å². The van der Waals surface area contributed by atoms with Gasteiger partial charge in [-0.25, -0.2) is 10.8 Å². The summed E-state index contributed by atoms with van der Waals surface area (Å²) in [6.45, 7) is 0. The highest BCUT2D eigenvalue weighted by molar-refractivity contribution is 6.29. The number of nitrogens with two attached hydrogens (primary N) is 1. The molecular weight excluding hydrogens is 268 g/mol. The summed E-state index contributed by atoms with van der Waals surface area (Å²) >= 11 is 5.83. The van der Waals surface area contributed by atoms with E-state index in [0.717, 1.165) is 19.3 Å². The third-order valence-electron chi connectivity index (χ3n) is 3.28. The number of amides is 1. The summed E-state index contributed by atoms with van der Waals surface area (Å²) in [6.07, 6.45) is 3.02. The predicted molar refractivity (Wildman–Crippen MR) is 73.0 cm³/mol. The predicted octanol–water partition coefficient (Wildman–Crippen LogP) is 1.32. The number of methoxy groups -OCH3 is 1. The Morgan fingerprint density at radius 2 is 2.32 bits per heavy atom. The molecule has 1 aromatic rings. The number of pyridine rings is 1. The van der Waals surface area contributed by atoms with Crippen molar-refractivity contribution in [1.82, 2.24) is 10.3 Å². The SMILES string of the molecule is COC1CCCC1NC(=O)c1cc(Cl)nc(NN)c1. The molecule has 4 N–H and O–H groups in total. The van der Waals surface area contributed by atoms with Crippen LogP contribution in [0.5, 0.6) is 0 Å². The first kappa shape index (κ1) is 14.0. The Labute approximate surface area is 116 Å². The van der Waals surface area contributed by atoms with Gasteiger partial charge in [0.2, 0.25) is 0 Å². The lowest BCUT2D eigenvalue weighted by molar-refractivity contribution is 0.0722. The molecule has 19 heavy (non-hydrogen) atoms. The maximum Gasteiger partial charge on any atom is 0.251 e. The van der Waals surface area contributed by atoms with Gasteiger partial charge in [0.25, 0.3) is 5.91 Å². The van der Waals surface area contributed by atoms with E-state index in [1.165, 1.54) is 6.07 Å². The standard InChI is InChI=1S/C12H17ClN4O2/c1-19-9-4-2-3-8(9)15-12(18)7-5-10(13)16-11(6-7)17-14/h5-6,8-9H,2-4,14H2,1H3,(H,15,18)(H,16,17). The maximum absolute atomic E-state index is 12.2. The van der Waals surface area contributed by atoms with Crippen LogP contribution in [-0.2, 0) is 4.74 Å². The van der Waals surface area contributed by atoms with Gasteiger partial charge in [-0.3, -0.25) is 4.79 Å². The van der Waals surface area contributed by atoms with Gasteiger partial charge in [0.1, 0.15) is 11.0 Å². The molecule has 2 rings (SSSR count). The zero-order valence-electron chi connectivity index (χ0n) is 10.6. The van der Waals surface area contributed by atoms with E-state index in [4.69, 9.17) is 22.2 Å². The molecule has 2 unspecified atom stereocenters. The fraction of sp³-hybridized carbons (Fsp3) is 0.500. The highest BCUT2D eigenvalue weighted by atomic mass is 35.5. The van der Waals surface area contributed by atoms with Gasteiger partial charge in [-0.1, -0.05) is 11.6 Å². The number of aromatic nitrogens is 1. The molecule has 0 radical (unpaired) electrons. The van der Waals surface area contributed by atoms with E-state index in [-0.39, 0.29) is 23.2 Å². The first-order valence-corrected chi connectivity index (χ1v) is 6.49. The molecular formula is C12H17ClN4O2. The number of anilines is 1. The Bertz CT molecular complexity index is 469. The number of rotatable bonds is 4. The highest BCUT2D eigenvalue weighted by Crippen LogP contribution is 2.22. The lowest BCUT2D eigenvalue weighted by Gasteiger charge is -2.19. The molecule has 6 nitrogen and oxygen atoms in total. The molecule has 1 saturated carbocycles. The van der Waals surface area contributed by atoms with Gasteiger partial charge in [-0.2, -0.15) is 0 Å². The summed E-state index contributed by atoms with van der Waals surface area (Å²) in [5.41, 5.74) is 2.80. The average Bonchev–Trinajstić information content (AvgIpc) is 2.85. The number of ether oxygens (including phenoxy) is 1. The Kier molecular flexibility index (Phi) is 4.57. The van der Waals surface area contributed by atoms with Crippen LogP contribution in [-0.4, -0.2) is 30.1 Å². The van der Waals surface area contributed by atoms with Gasteiger partial charge in [0.15, 0.2) is 0 Å². The molecule has 1 fully saturated rings. The summed E-state index contributed by atoms with van der Waals surface area (Å²) in [5.74, 6) is 5.43. The second kappa shape index (κ2) is 6.18. The molecule has 1 heterocycles. The van der Waals surface area contributed by atoms with Crippen molar-refractivity contribution in [3.63, 3.8) is 0 Å². The van der Waals surface area contributed by atoms with Gasteiger partial charge in [0, 0.05) is 12.7 Å². The fourth-order valence-electron chi connectivity index (χ4n) is 2.33. The molecule has 0 aliphatic heterocycles. The Hall–Kier alpha value is -1.37. The van der Waals surface area contributed by atoms with Gasteiger partial charge in [-0.15, -0.1) is 0 Å². The van der Waals surface area contributed by atoms with Gasteiger partial charge in [-0.05, 0) is 31.4 Å². The minimum Gasteiger partial charge on any atom is -0.379 e. The number of nitrogens with one attached hydrogen (secondary N) is 2. The van der Waals surface area contributed by atoms with Crippen LogP contribution in [0.2, 0.25) is 5.15 Å². The van der Waals surface area contributed by atoms with Gasteiger partial charge < -0.3 is 15.5 Å². The van der Waals surface area contributed by atoms with Crippen LogP contribution in [0.15, 0.2) is 12.1 Å². The average molecular weight is 285 g/mol. The third kappa shape index (κ3) is 3.34. The van der Waals surface area contributed by atoms with Crippen LogP contribution in [0.4, 0.5) is 5.82 Å². The summed E-state index contributed by atoms with van der Waals surface area (Å²) in [6, 6.07) is 3.10. The molecule has 0 aromatic carbocycles. The van der Waals surface area contributed by atoms with E-state index in [9.17, 15) is 4.79 Å². The zero-order valence-corrected chi connectivity index (χ0v) is 11.4. The largest absolute Gasteiger partial charge is 0.379 e. The van der Waals surface area contributed by atoms with Crippen molar-refractivity contribution in [1.29, 1.82) is 0 Å². The van der Waals surface area contributed by atoms with Crippen molar-refractivity contribution in [3.05, 3.63) is 22.8 Å². The van der Waals surface area contributed by atoms with Crippen LogP contribution in [0.1, 0.15) is 29.6 Å². The Morgan fingerprint density at radius 1 is 1.53 bits per heavy atom. The molecule has 0 bridgehead atoms. The molecule has 1 aliphatic rings. The molecule has 1 aromatic heterocycles. The molecule has 0 saturated heterocycles. The fourth-order valence-corrected chi connectivity index (χ4v) is 2.54. The summed E-state index contributed by atoms with van der Waals surface area (Å²) in [4.78, 5) is 16.1. The van der Waals surface area contributed by atoms with Crippen LogP contribution in [0, 0.1) is 0 Å². The van der Waals surface area contributed by atoms with Crippen LogP contribution in [0.3, 0.4) is 0 Å². The lowest BCUT2D eigenvalue weighted by Crippen LogP contribution is -2.40. The Balaban J connectivity index is 2.09. The van der Waals surface area contributed by atoms with Crippen molar-refractivity contribution in [2.45, 2.75) is 31.4 Å². The second-order valence-electron chi connectivity index (χ2n) is 4.49. The summed E-state index contributed by atoms with van der Waals surface area (Å²) in [7, 11) is 1.66. The summed E-state index contributed by atoms with van der Waals surface area (Å²) < 4.78 is 5.34. The quantitative estimate of drug-likeness (QED) is 0.441. The minimum atomic E-state index is -0.199. The van der Waals surface area contributed by atoms with Crippen LogP contribution >= 0.6 is 11.6 Å². The van der Waals surface area contributed by atoms with Gasteiger partial charge in [0.05, 0.1) is 12.1 Å². The zero-order chi connectivity index (χ0) is 13.8. The molecule has 1 amide bonds. The number of carbonyl (C=O) groups is 1. The monoisotopic (exact) mass is 284 g/mol. The van der Waals surface area contributed by atoms with Crippen molar-refractivity contribution < 1.29 is 9.53 Å². The highest BCUT2D eigenvalue weighted by Gasteiger charge is 2.28. The topological polar surface area (TPSA) is 89.3 Å². The number of carbonyl (C=O) groups excluding carboxylic acids is 1. The number of hydrogen-bond acceptors (Lipinski definition) is 5. The second-order valence-corrected chi connectivity index (χ2v) is 4.88. The maximum atomic E-state index is 12.2. The molecule has 7 heteroatoms. The molecule has 0 spiro atoms. The lowest BCUT2D eigenvalue weighted by atomic mass is 10.2. The first-order chi connectivity index (χ1) is 9.13. The Morgan fingerprint density at radius 3 is 3.00 bits per heavy atom. The molecule has 104 valence electrons. The van der Waals surface area contributed by atoms with E-state index in [2.05, 4.69) is 15.7 Å². The number of hydrogen-bond donors (Lipinski definition) is 3. The molecule has 1 aliphatic carbocycles. The number of hydrazine groups is 1. The van der Waals surface area contributed by atoms with Crippen molar-refractivity contribution in [2.75, 3.05) is 12.5 Å². The molecule has 2 atom stereocenters. The number of nitrogens with zero attached hydrogens (tertiary/aromatic N) is 1. The van der Waals surface area contributed by atoms with E-state index in [1.54, 1.807) is 13.2 Å². The van der Waals surface area contributed by atoms with E-state index >= 15 is 0 Å². The number of nitrogen functional groups attached to an aromatic ring is 1. The number of halogens is 1.